The van der Waals surface area contributed by atoms with Gasteiger partial charge in [0.15, 0.2) is 6.61 Å². The minimum atomic E-state index is -0.642. The van der Waals surface area contributed by atoms with Gasteiger partial charge in [0.25, 0.3) is 11.8 Å². The summed E-state index contributed by atoms with van der Waals surface area (Å²) >= 11 is 0. The van der Waals surface area contributed by atoms with Crippen molar-refractivity contribution in [2.24, 2.45) is 23.2 Å². The van der Waals surface area contributed by atoms with Gasteiger partial charge in [-0.05, 0) is 79.9 Å². The van der Waals surface area contributed by atoms with Crippen LogP contribution in [0.3, 0.4) is 0 Å². The highest BCUT2D eigenvalue weighted by Gasteiger charge is 2.50. The molecule has 2 amide bonds. The van der Waals surface area contributed by atoms with Crippen LogP contribution in [0.5, 0.6) is 5.75 Å². The van der Waals surface area contributed by atoms with E-state index in [2.05, 4.69) is 10.6 Å². The van der Waals surface area contributed by atoms with E-state index in [1.54, 1.807) is 24.3 Å². The molecule has 0 atom stereocenters. The van der Waals surface area contributed by atoms with E-state index in [1.807, 2.05) is 0 Å². The molecule has 4 aliphatic rings. The van der Waals surface area contributed by atoms with Crippen molar-refractivity contribution in [1.29, 1.82) is 0 Å². The normalized spacial score (nSPS) is 28.6. The van der Waals surface area contributed by atoms with Gasteiger partial charge in [0.05, 0.1) is 7.11 Å². The molecule has 1 aromatic carbocycles. The average molecular weight is 415 g/mol. The maximum absolute atomic E-state index is 12.2. The maximum Gasteiger partial charge on any atom is 0.325 e. The van der Waals surface area contributed by atoms with E-state index in [1.165, 1.54) is 45.6 Å². The summed E-state index contributed by atoms with van der Waals surface area (Å²) in [6.45, 7) is 0.0675. The van der Waals surface area contributed by atoms with E-state index < -0.39 is 11.9 Å². The second-order valence-electron chi connectivity index (χ2n) is 9.27. The van der Waals surface area contributed by atoms with Gasteiger partial charge in [0, 0.05) is 12.1 Å². The zero-order valence-corrected chi connectivity index (χ0v) is 17.4. The van der Waals surface area contributed by atoms with Crippen molar-refractivity contribution in [3.63, 3.8) is 0 Å². The Morgan fingerprint density at radius 3 is 2.33 bits per heavy atom. The summed E-state index contributed by atoms with van der Waals surface area (Å²) in [4.78, 5) is 36.2. The summed E-state index contributed by atoms with van der Waals surface area (Å²) in [5, 5.41) is 5.48. The van der Waals surface area contributed by atoms with Crippen molar-refractivity contribution in [3.05, 3.63) is 29.8 Å². The van der Waals surface area contributed by atoms with E-state index in [0.717, 1.165) is 17.8 Å². The lowest BCUT2D eigenvalue weighted by atomic mass is 9.49. The van der Waals surface area contributed by atoms with E-state index >= 15 is 0 Å². The van der Waals surface area contributed by atoms with Gasteiger partial charge in [-0.25, -0.2) is 0 Å². The Bertz CT molecular complexity index is 786. The number of hydrogen-bond donors (Lipinski definition) is 2. The average Bonchev–Trinajstić information content (AvgIpc) is 2.73. The standard InChI is InChI=1S/C23H30N2O5/c1-29-19-4-2-3-18(8-19)22(28)24-12-21(27)30-13-20(26)25-14-23-9-15-5-16(10-23)7-17(6-15)11-23/h2-4,8,15-17H,5-7,9-14H2,1H3,(H,24,28)(H,25,26). The zero-order chi connectivity index (χ0) is 21.1. The number of carbonyl (C=O) groups excluding carboxylic acids is 3. The van der Waals surface area contributed by atoms with Gasteiger partial charge in [0.2, 0.25) is 0 Å². The smallest absolute Gasteiger partial charge is 0.325 e. The molecular weight excluding hydrogens is 384 g/mol. The third-order valence-corrected chi connectivity index (χ3v) is 6.92. The third kappa shape index (κ3) is 4.77. The second kappa shape index (κ2) is 8.66. The number of ether oxygens (including phenoxy) is 2. The molecule has 0 aromatic heterocycles. The van der Waals surface area contributed by atoms with Crippen LogP contribution in [0.2, 0.25) is 0 Å². The topological polar surface area (TPSA) is 93.7 Å². The largest absolute Gasteiger partial charge is 0.497 e. The summed E-state index contributed by atoms with van der Waals surface area (Å²) in [7, 11) is 1.52. The van der Waals surface area contributed by atoms with Crippen LogP contribution in [0, 0.1) is 23.2 Å². The summed E-state index contributed by atoms with van der Waals surface area (Å²) in [5.41, 5.74) is 0.634. The van der Waals surface area contributed by atoms with Gasteiger partial charge in [-0.1, -0.05) is 6.07 Å². The number of esters is 1. The number of amides is 2. The SMILES string of the molecule is COc1cccc(C(=O)NCC(=O)OCC(=O)NCC23CC4CC(CC(C4)C2)C3)c1. The molecule has 0 unspecified atom stereocenters. The van der Waals surface area contributed by atoms with Crippen LogP contribution < -0.4 is 15.4 Å². The second-order valence-corrected chi connectivity index (χ2v) is 9.27. The molecule has 2 N–H and O–H groups in total. The molecule has 162 valence electrons. The Balaban J connectivity index is 1.16. The van der Waals surface area contributed by atoms with Crippen LogP contribution in [-0.2, 0) is 14.3 Å². The monoisotopic (exact) mass is 414 g/mol. The summed E-state index contributed by atoms with van der Waals surface area (Å²) < 4.78 is 10.1. The molecule has 4 bridgehead atoms. The third-order valence-electron chi connectivity index (χ3n) is 6.92. The highest BCUT2D eigenvalue weighted by molar-refractivity contribution is 5.96. The van der Waals surface area contributed by atoms with Crippen molar-refractivity contribution in [1.82, 2.24) is 10.6 Å². The fraction of sp³-hybridized carbons (Fsp3) is 0.609. The predicted molar refractivity (Wildman–Crippen MR) is 110 cm³/mol. The van der Waals surface area contributed by atoms with Crippen molar-refractivity contribution in [3.8, 4) is 5.75 Å². The van der Waals surface area contributed by atoms with Crippen LogP contribution >= 0.6 is 0 Å². The van der Waals surface area contributed by atoms with E-state index in [0.29, 0.717) is 17.9 Å². The number of hydrogen-bond acceptors (Lipinski definition) is 5. The van der Waals surface area contributed by atoms with Crippen molar-refractivity contribution in [2.45, 2.75) is 38.5 Å². The zero-order valence-electron chi connectivity index (χ0n) is 17.4. The molecular formula is C23H30N2O5. The van der Waals surface area contributed by atoms with Crippen molar-refractivity contribution < 1.29 is 23.9 Å². The van der Waals surface area contributed by atoms with Crippen molar-refractivity contribution in [2.75, 3.05) is 26.8 Å². The Morgan fingerprint density at radius 1 is 1.03 bits per heavy atom. The molecule has 4 fully saturated rings. The molecule has 7 nitrogen and oxygen atoms in total. The van der Waals surface area contributed by atoms with Crippen LogP contribution in [0.15, 0.2) is 24.3 Å². The molecule has 4 saturated carbocycles. The fourth-order valence-corrected chi connectivity index (χ4v) is 6.06. The number of methoxy groups -OCH3 is 1. The Kier molecular flexibility index (Phi) is 5.97. The van der Waals surface area contributed by atoms with Crippen LogP contribution in [0.4, 0.5) is 0 Å². The first-order chi connectivity index (χ1) is 14.4. The van der Waals surface area contributed by atoms with Crippen LogP contribution in [0.1, 0.15) is 48.9 Å². The maximum atomic E-state index is 12.2. The fourth-order valence-electron chi connectivity index (χ4n) is 6.06. The molecule has 5 rings (SSSR count). The molecule has 0 spiro atoms. The Hall–Kier alpha value is -2.57. The summed E-state index contributed by atoms with van der Waals surface area (Å²) in [5.74, 6) is 1.73. The highest BCUT2D eigenvalue weighted by atomic mass is 16.5. The van der Waals surface area contributed by atoms with Gasteiger partial charge in [-0.2, -0.15) is 0 Å². The Morgan fingerprint density at radius 2 is 1.70 bits per heavy atom. The first-order valence-corrected chi connectivity index (χ1v) is 10.8. The van der Waals surface area contributed by atoms with Crippen LogP contribution in [0.25, 0.3) is 0 Å². The quantitative estimate of drug-likeness (QED) is 0.637. The van der Waals surface area contributed by atoms with Gasteiger partial charge in [-0.3, -0.25) is 14.4 Å². The van der Waals surface area contributed by atoms with E-state index in [9.17, 15) is 14.4 Å². The highest BCUT2D eigenvalue weighted by Crippen LogP contribution is 2.59. The summed E-state index contributed by atoms with van der Waals surface area (Å²) in [6.07, 6.45) is 7.75. The van der Waals surface area contributed by atoms with Gasteiger partial charge >= 0.3 is 5.97 Å². The number of nitrogens with one attached hydrogen (secondary N) is 2. The lowest BCUT2D eigenvalue weighted by Crippen LogP contribution is -2.51. The number of carbonyl (C=O) groups is 3. The predicted octanol–water partition coefficient (Wildman–Crippen LogP) is 2.30. The van der Waals surface area contributed by atoms with Crippen molar-refractivity contribution >= 4 is 17.8 Å². The molecule has 0 radical (unpaired) electrons. The Labute approximate surface area is 176 Å². The molecule has 1 aromatic rings. The molecule has 0 saturated heterocycles. The van der Waals surface area contributed by atoms with Gasteiger partial charge in [-0.15, -0.1) is 0 Å². The lowest BCUT2D eigenvalue weighted by Gasteiger charge is -2.56. The first-order valence-electron chi connectivity index (χ1n) is 10.8. The lowest BCUT2D eigenvalue weighted by molar-refractivity contribution is -0.147. The van der Waals surface area contributed by atoms with E-state index in [4.69, 9.17) is 9.47 Å². The van der Waals surface area contributed by atoms with Crippen LogP contribution in [-0.4, -0.2) is 44.6 Å². The molecule has 30 heavy (non-hydrogen) atoms. The van der Waals surface area contributed by atoms with Gasteiger partial charge in [0.1, 0.15) is 12.3 Å². The van der Waals surface area contributed by atoms with E-state index in [-0.39, 0.29) is 24.5 Å². The van der Waals surface area contributed by atoms with Gasteiger partial charge < -0.3 is 20.1 Å². The molecule has 0 heterocycles. The minimum Gasteiger partial charge on any atom is -0.497 e. The molecule has 0 aliphatic heterocycles. The summed E-state index contributed by atoms with van der Waals surface area (Å²) in [6, 6.07) is 6.63. The minimum absolute atomic E-state index is 0.249. The number of rotatable bonds is 8. The number of benzene rings is 1. The molecule has 7 heteroatoms. The molecule has 4 aliphatic carbocycles. The first kappa shape index (κ1) is 20.7.